The fourth-order valence-electron chi connectivity index (χ4n) is 2.21. The Balaban J connectivity index is 1.73. The third kappa shape index (κ3) is 3.82. The van der Waals surface area contributed by atoms with Gasteiger partial charge in [0.15, 0.2) is 0 Å². The molecule has 0 aromatic carbocycles. The first kappa shape index (κ1) is 12.6. The van der Waals surface area contributed by atoms with Gasteiger partial charge in [-0.15, -0.1) is 11.3 Å². The van der Waals surface area contributed by atoms with Crippen LogP contribution in [0.25, 0.3) is 0 Å². The topological polar surface area (TPSA) is 41.1 Å². The SMILES string of the molecule is CC1NCCCC1NC(=O)CCc1cccs1. The molecule has 1 amide bonds. The van der Waals surface area contributed by atoms with Crippen LogP contribution < -0.4 is 10.6 Å². The molecule has 94 valence electrons. The number of carbonyl (C=O) groups is 1. The Bertz CT molecular complexity index is 350. The van der Waals surface area contributed by atoms with Gasteiger partial charge in [-0.05, 0) is 44.2 Å². The van der Waals surface area contributed by atoms with Gasteiger partial charge >= 0.3 is 0 Å². The zero-order chi connectivity index (χ0) is 12.1. The minimum Gasteiger partial charge on any atom is -0.352 e. The van der Waals surface area contributed by atoms with E-state index in [1.807, 2.05) is 6.07 Å². The summed E-state index contributed by atoms with van der Waals surface area (Å²) >= 11 is 1.72. The molecule has 2 unspecified atom stereocenters. The average molecular weight is 252 g/mol. The maximum absolute atomic E-state index is 11.8. The molecule has 0 saturated carbocycles. The van der Waals surface area contributed by atoms with Crippen LogP contribution in [0.4, 0.5) is 0 Å². The second-order valence-electron chi connectivity index (χ2n) is 4.64. The van der Waals surface area contributed by atoms with E-state index >= 15 is 0 Å². The van der Waals surface area contributed by atoms with Crippen molar-refractivity contribution in [3.63, 3.8) is 0 Å². The van der Waals surface area contributed by atoms with Crippen molar-refractivity contribution in [3.05, 3.63) is 22.4 Å². The van der Waals surface area contributed by atoms with E-state index in [1.165, 1.54) is 4.88 Å². The summed E-state index contributed by atoms with van der Waals surface area (Å²) in [5.41, 5.74) is 0. The van der Waals surface area contributed by atoms with Crippen molar-refractivity contribution in [1.29, 1.82) is 0 Å². The Morgan fingerprint density at radius 3 is 3.24 bits per heavy atom. The number of piperidine rings is 1. The van der Waals surface area contributed by atoms with E-state index in [0.717, 1.165) is 25.8 Å². The van der Waals surface area contributed by atoms with E-state index in [1.54, 1.807) is 11.3 Å². The van der Waals surface area contributed by atoms with Gasteiger partial charge in [0.2, 0.25) is 5.91 Å². The van der Waals surface area contributed by atoms with Gasteiger partial charge in [-0.1, -0.05) is 6.07 Å². The number of hydrogen-bond acceptors (Lipinski definition) is 3. The molecule has 1 saturated heterocycles. The van der Waals surface area contributed by atoms with Crippen LogP contribution >= 0.6 is 11.3 Å². The maximum atomic E-state index is 11.8. The van der Waals surface area contributed by atoms with Crippen LogP contribution in [0.3, 0.4) is 0 Å². The molecule has 1 aliphatic heterocycles. The summed E-state index contributed by atoms with van der Waals surface area (Å²) < 4.78 is 0. The predicted octanol–water partition coefficient (Wildman–Crippen LogP) is 1.94. The molecule has 17 heavy (non-hydrogen) atoms. The average Bonchev–Trinajstić information content (AvgIpc) is 2.82. The number of aryl methyl sites for hydroxylation is 1. The first-order valence-corrected chi connectivity index (χ1v) is 7.19. The fourth-order valence-corrected chi connectivity index (χ4v) is 2.92. The summed E-state index contributed by atoms with van der Waals surface area (Å²) in [5, 5.41) is 8.58. The molecule has 1 aromatic heterocycles. The third-order valence-corrected chi connectivity index (χ3v) is 4.22. The molecule has 4 heteroatoms. The number of rotatable bonds is 4. The Morgan fingerprint density at radius 2 is 2.53 bits per heavy atom. The van der Waals surface area contributed by atoms with Crippen LogP contribution in [-0.4, -0.2) is 24.5 Å². The lowest BCUT2D eigenvalue weighted by Gasteiger charge is -2.30. The molecule has 2 atom stereocenters. The molecule has 2 rings (SSSR count). The van der Waals surface area contributed by atoms with Gasteiger partial charge in [0.1, 0.15) is 0 Å². The summed E-state index contributed by atoms with van der Waals surface area (Å²) in [6.45, 7) is 3.21. The highest BCUT2D eigenvalue weighted by molar-refractivity contribution is 7.09. The number of thiophene rings is 1. The van der Waals surface area contributed by atoms with Crippen LogP contribution in [0.5, 0.6) is 0 Å². The highest BCUT2D eigenvalue weighted by atomic mass is 32.1. The van der Waals surface area contributed by atoms with Crippen molar-refractivity contribution in [2.45, 2.75) is 44.7 Å². The molecular weight excluding hydrogens is 232 g/mol. The summed E-state index contributed by atoms with van der Waals surface area (Å²) in [4.78, 5) is 13.1. The summed E-state index contributed by atoms with van der Waals surface area (Å²) in [7, 11) is 0. The van der Waals surface area contributed by atoms with Gasteiger partial charge in [0.05, 0.1) is 0 Å². The highest BCUT2D eigenvalue weighted by Crippen LogP contribution is 2.12. The Labute approximate surface area is 107 Å². The van der Waals surface area contributed by atoms with E-state index in [2.05, 4.69) is 29.0 Å². The van der Waals surface area contributed by atoms with Crippen LogP contribution in [0, 0.1) is 0 Å². The minimum atomic E-state index is 0.180. The highest BCUT2D eigenvalue weighted by Gasteiger charge is 2.21. The molecule has 0 aliphatic carbocycles. The molecule has 0 spiro atoms. The molecule has 0 radical (unpaired) electrons. The van der Waals surface area contributed by atoms with Gasteiger partial charge < -0.3 is 10.6 Å². The summed E-state index contributed by atoms with van der Waals surface area (Å²) in [5.74, 6) is 0.180. The van der Waals surface area contributed by atoms with E-state index < -0.39 is 0 Å². The summed E-state index contributed by atoms with van der Waals surface area (Å²) in [6.07, 6.45) is 3.71. The van der Waals surface area contributed by atoms with Crippen molar-refractivity contribution >= 4 is 17.2 Å². The van der Waals surface area contributed by atoms with Crippen LogP contribution in [-0.2, 0) is 11.2 Å². The van der Waals surface area contributed by atoms with Crippen molar-refractivity contribution in [3.8, 4) is 0 Å². The molecule has 0 bridgehead atoms. The summed E-state index contributed by atoms with van der Waals surface area (Å²) in [6, 6.07) is 4.82. The number of carbonyl (C=O) groups excluding carboxylic acids is 1. The van der Waals surface area contributed by atoms with E-state index in [-0.39, 0.29) is 5.91 Å². The molecule has 2 N–H and O–H groups in total. The minimum absolute atomic E-state index is 0.180. The molecule has 3 nitrogen and oxygen atoms in total. The van der Waals surface area contributed by atoms with Crippen molar-refractivity contribution in [2.75, 3.05) is 6.54 Å². The number of nitrogens with one attached hydrogen (secondary N) is 2. The maximum Gasteiger partial charge on any atom is 0.220 e. The molecule has 1 aromatic rings. The Kier molecular flexibility index (Phi) is 4.57. The van der Waals surface area contributed by atoms with Crippen molar-refractivity contribution in [1.82, 2.24) is 10.6 Å². The Hall–Kier alpha value is -0.870. The quantitative estimate of drug-likeness (QED) is 0.860. The number of hydrogen-bond donors (Lipinski definition) is 2. The molecule has 1 fully saturated rings. The van der Waals surface area contributed by atoms with E-state index in [9.17, 15) is 4.79 Å². The second-order valence-corrected chi connectivity index (χ2v) is 5.67. The van der Waals surface area contributed by atoms with E-state index in [0.29, 0.717) is 18.5 Å². The lowest BCUT2D eigenvalue weighted by atomic mass is 10.00. The zero-order valence-electron chi connectivity index (χ0n) is 10.2. The second kappa shape index (κ2) is 6.17. The normalized spacial score (nSPS) is 24.5. The van der Waals surface area contributed by atoms with Gasteiger partial charge in [-0.2, -0.15) is 0 Å². The number of amides is 1. The predicted molar refractivity (Wildman–Crippen MR) is 71.3 cm³/mol. The van der Waals surface area contributed by atoms with E-state index in [4.69, 9.17) is 0 Å². The lowest BCUT2D eigenvalue weighted by Crippen LogP contribution is -2.51. The molecule has 1 aliphatic rings. The standard InChI is InChI=1S/C13H20N2OS/c1-10-12(5-2-8-14-10)15-13(16)7-6-11-4-3-9-17-11/h3-4,9-10,12,14H,2,5-8H2,1H3,(H,15,16). The molecular formula is C13H20N2OS. The van der Waals surface area contributed by atoms with Crippen LogP contribution in [0.1, 0.15) is 31.1 Å². The van der Waals surface area contributed by atoms with Gasteiger partial charge in [0.25, 0.3) is 0 Å². The fraction of sp³-hybridized carbons (Fsp3) is 0.615. The monoisotopic (exact) mass is 252 g/mol. The van der Waals surface area contributed by atoms with Gasteiger partial charge in [-0.25, -0.2) is 0 Å². The first-order chi connectivity index (χ1) is 8.25. The van der Waals surface area contributed by atoms with Crippen molar-refractivity contribution < 1.29 is 4.79 Å². The lowest BCUT2D eigenvalue weighted by molar-refractivity contribution is -0.122. The Morgan fingerprint density at radius 1 is 1.65 bits per heavy atom. The first-order valence-electron chi connectivity index (χ1n) is 6.31. The smallest absolute Gasteiger partial charge is 0.220 e. The van der Waals surface area contributed by atoms with Gasteiger partial charge in [0, 0.05) is 23.4 Å². The molecule has 2 heterocycles. The van der Waals surface area contributed by atoms with Crippen LogP contribution in [0.2, 0.25) is 0 Å². The zero-order valence-corrected chi connectivity index (χ0v) is 11.1. The van der Waals surface area contributed by atoms with Crippen LogP contribution in [0.15, 0.2) is 17.5 Å². The third-order valence-electron chi connectivity index (χ3n) is 3.29. The largest absolute Gasteiger partial charge is 0.352 e. The van der Waals surface area contributed by atoms with Crippen molar-refractivity contribution in [2.24, 2.45) is 0 Å². The van der Waals surface area contributed by atoms with Gasteiger partial charge in [-0.3, -0.25) is 4.79 Å².